The summed E-state index contributed by atoms with van der Waals surface area (Å²) >= 11 is 0. The molecule has 0 radical (unpaired) electrons. The van der Waals surface area contributed by atoms with Gasteiger partial charge in [-0.3, -0.25) is 0 Å². The standard InChI is InChI=1S/C9H8F4O2.3C3H8O.Zr/c1-15-3-5-8(12)6(10)4(2-14)7(11)9(5)13;3*1-3(2)4;/h14H,2-3H2,1H3;3*3-4H,1-2H3;. The molecule has 1 aromatic rings. The van der Waals surface area contributed by atoms with Crippen molar-refractivity contribution < 1.29 is 68.9 Å². The van der Waals surface area contributed by atoms with E-state index in [2.05, 4.69) is 4.74 Å². The minimum Gasteiger partial charge on any atom is -0.394 e. The van der Waals surface area contributed by atoms with Crippen LogP contribution in [0.3, 0.4) is 0 Å². The van der Waals surface area contributed by atoms with Gasteiger partial charge in [-0.25, -0.2) is 17.6 Å². The van der Waals surface area contributed by atoms with Crippen LogP contribution in [-0.2, 0) is 44.2 Å². The van der Waals surface area contributed by atoms with Gasteiger partial charge in [-0.15, -0.1) is 0 Å². The first-order valence-corrected chi connectivity index (χ1v) is 8.21. The van der Waals surface area contributed by atoms with Crippen LogP contribution in [0.25, 0.3) is 0 Å². The second-order valence-corrected chi connectivity index (χ2v) is 6.09. The number of aliphatic hydroxyl groups excluding tert-OH is 4. The van der Waals surface area contributed by atoms with Crippen LogP contribution in [0.5, 0.6) is 0 Å². The summed E-state index contributed by atoms with van der Waals surface area (Å²) in [4.78, 5) is 0. The fraction of sp³-hybridized carbons (Fsp3) is 0.667. The Morgan fingerprint density at radius 2 is 0.893 bits per heavy atom. The number of aliphatic hydroxyl groups is 4. The first-order valence-electron chi connectivity index (χ1n) is 8.21. The smallest absolute Gasteiger partial charge is 0.167 e. The maximum atomic E-state index is 13.1. The Labute approximate surface area is 183 Å². The van der Waals surface area contributed by atoms with Gasteiger partial charge in [0.05, 0.1) is 24.3 Å². The third-order valence-electron chi connectivity index (χ3n) is 1.89. The Hall–Kier alpha value is -0.377. The second-order valence-electron chi connectivity index (χ2n) is 6.09. The summed E-state index contributed by atoms with van der Waals surface area (Å²) in [6.45, 7) is 8.63. The Kier molecular flexibility index (Phi) is 25.0. The molecule has 0 amide bonds. The summed E-state index contributed by atoms with van der Waals surface area (Å²) in [6.07, 6.45) is -0.500. The molecule has 0 bridgehead atoms. The quantitative estimate of drug-likeness (QED) is 0.382. The average molecular weight is 496 g/mol. The molecule has 0 aliphatic heterocycles. The maximum Gasteiger partial charge on any atom is 0.167 e. The van der Waals surface area contributed by atoms with Crippen LogP contribution in [0.1, 0.15) is 52.7 Å². The molecule has 0 aromatic heterocycles. The molecular formula is C18H32F4O5Zr. The number of rotatable bonds is 3. The first kappa shape index (κ1) is 35.1. The van der Waals surface area contributed by atoms with Crippen LogP contribution in [0.2, 0.25) is 0 Å². The van der Waals surface area contributed by atoms with E-state index < -0.39 is 47.6 Å². The van der Waals surface area contributed by atoms with Gasteiger partial charge in [0.2, 0.25) is 0 Å². The predicted octanol–water partition coefficient (Wildman–Crippen LogP) is 3.04. The summed E-state index contributed by atoms with van der Waals surface area (Å²) in [7, 11) is 1.13. The number of hydrogen-bond donors (Lipinski definition) is 4. The fourth-order valence-electron chi connectivity index (χ4n) is 1.13. The number of hydrogen-bond acceptors (Lipinski definition) is 5. The van der Waals surface area contributed by atoms with Crippen molar-refractivity contribution in [1.29, 1.82) is 0 Å². The molecule has 4 N–H and O–H groups in total. The van der Waals surface area contributed by atoms with Crippen LogP contribution < -0.4 is 0 Å². The Morgan fingerprint density at radius 3 is 1.07 bits per heavy atom. The normalized spacial score (nSPS) is 9.64. The number of ether oxygens (including phenoxy) is 1. The predicted molar refractivity (Wildman–Crippen MR) is 95.0 cm³/mol. The molecule has 5 nitrogen and oxygen atoms in total. The average Bonchev–Trinajstić information content (AvgIpc) is 2.49. The zero-order chi connectivity index (χ0) is 22.3. The van der Waals surface area contributed by atoms with Crippen LogP contribution in [0, 0.1) is 23.3 Å². The van der Waals surface area contributed by atoms with E-state index in [-0.39, 0.29) is 44.5 Å². The van der Waals surface area contributed by atoms with E-state index in [4.69, 9.17) is 20.4 Å². The Balaban J connectivity index is -0.000000183. The van der Waals surface area contributed by atoms with E-state index in [1.807, 2.05) is 0 Å². The van der Waals surface area contributed by atoms with Crippen molar-refractivity contribution in [2.75, 3.05) is 7.11 Å². The number of benzene rings is 1. The van der Waals surface area contributed by atoms with Gasteiger partial charge in [0.1, 0.15) is 0 Å². The van der Waals surface area contributed by atoms with Gasteiger partial charge in [-0.1, -0.05) is 0 Å². The van der Waals surface area contributed by atoms with Crippen molar-refractivity contribution in [3.05, 3.63) is 34.4 Å². The SMILES string of the molecule is CC(C)O.CC(C)O.CC(C)O.COCc1c(F)c(F)c(CO)c(F)c1F.[Zr]. The zero-order valence-electron chi connectivity index (χ0n) is 17.4. The molecule has 0 aliphatic rings. The Bertz CT molecular complexity index is 464. The van der Waals surface area contributed by atoms with Gasteiger partial charge in [-0.2, -0.15) is 0 Å². The van der Waals surface area contributed by atoms with Gasteiger partial charge in [0.15, 0.2) is 23.3 Å². The van der Waals surface area contributed by atoms with Crippen molar-refractivity contribution in [3.63, 3.8) is 0 Å². The summed E-state index contributed by atoms with van der Waals surface area (Å²) in [6, 6.07) is 0. The first-order chi connectivity index (χ1) is 12.2. The van der Waals surface area contributed by atoms with Crippen molar-refractivity contribution >= 4 is 0 Å². The largest absolute Gasteiger partial charge is 0.394 e. The third kappa shape index (κ3) is 19.0. The van der Waals surface area contributed by atoms with Crippen molar-refractivity contribution in [1.82, 2.24) is 0 Å². The summed E-state index contributed by atoms with van der Waals surface area (Å²) in [5, 5.41) is 32.7. The van der Waals surface area contributed by atoms with Crippen LogP contribution in [-0.4, -0.2) is 45.8 Å². The van der Waals surface area contributed by atoms with Crippen molar-refractivity contribution in [2.24, 2.45) is 0 Å². The summed E-state index contributed by atoms with van der Waals surface area (Å²) in [5.41, 5.74) is -1.85. The minimum absolute atomic E-state index is 0. The Morgan fingerprint density at radius 1 is 0.679 bits per heavy atom. The molecule has 0 unspecified atom stereocenters. The van der Waals surface area contributed by atoms with Gasteiger partial charge in [-0.05, 0) is 41.5 Å². The van der Waals surface area contributed by atoms with Crippen LogP contribution >= 0.6 is 0 Å². The molecule has 0 fully saturated rings. The van der Waals surface area contributed by atoms with Gasteiger partial charge in [0.25, 0.3) is 0 Å². The summed E-state index contributed by atoms with van der Waals surface area (Å²) < 4.78 is 56.7. The van der Waals surface area contributed by atoms with E-state index in [9.17, 15) is 17.6 Å². The van der Waals surface area contributed by atoms with Crippen LogP contribution in [0.4, 0.5) is 17.6 Å². The molecular weight excluding hydrogens is 463 g/mol. The maximum absolute atomic E-state index is 13.1. The van der Waals surface area contributed by atoms with Crippen LogP contribution in [0.15, 0.2) is 0 Å². The molecule has 1 rings (SSSR count). The van der Waals surface area contributed by atoms with E-state index in [0.717, 1.165) is 7.11 Å². The van der Waals surface area contributed by atoms with E-state index in [1.165, 1.54) is 0 Å². The topological polar surface area (TPSA) is 90.2 Å². The zero-order valence-corrected chi connectivity index (χ0v) is 19.8. The van der Waals surface area contributed by atoms with Crippen molar-refractivity contribution in [2.45, 2.75) is 73.1 Å². The third-order valence-corrected chi connectivity index (χ3v) is 1.89. The van der Waals surface area contributed by atoms with Gasteiger partial charge < -0.3 is 25.2 Å². The molecule has 28 heavy (non-hydrogen) atoms. The van der Waals surface area contributed by atoms with Gasteiger partial charge in [0, 0.05) is 51.6 Å². The minimum atomic E-state index is -1.59. The number of halogens is 4. The van der Waals surface area contributed by atoms with Crippen molar-refractivity contribution in [3.8, 4) is 0 Å². The van der Waals surface area contributed by atoms with E-state index >= 15 is 0 Å². The molecule has 166 valence electrons. The monoisotopic (exact) mass is 494 g/mol. The van der Waals surface area contributed by atoms with E-state index in [1.54, 1.807) is 41.5 Å². The summed E-state index contributed by atoms with van der Waals surface area (Å²) in [5.74, 6) is -6.27. The molecule has 0 aliphatic carbocycles. The van der Waals surface area contributed by atoms with E-state index in [0.29, 0.717) is 0 Å². The molecule has 0 atom stereocenters. The molecule has 0 saturated carbocycles. The molecule has 0 saturated heterocycles. The molecule has 0 heterocycles. The molecule has 1 aromatic carbocycles. The fourth-order valence-corrected chi connectivity index (χ4v) is 1.13. The van der Waals surface area contributed by atoms with Gasteiger partial charge >= 0.3 is 0 Å². The molecule has 10 heteroatoms. The second kappa shape index (κ2) is 19.9. The number of methoxy groups -OCH3 is 1. The molecule has 0 spiro atoms.